The van der Waals surface area contributed by atoms with Gasteiger partial charge in [-0.2, -0.15) is 0 Å². The Kier molecular flexibility index (Phi) is 3.66. The number of nitrogens with two attached hydrogens (primary N) is 1. The summed E-state index contributed by atoms with van der Waals surface area (Å²) in [6, 6.07) is 40.6. The molecule has 1 heterocycles. The van der Waals surface area contributed by atoms with Crippen LogP contribution >= 0.6 is 0 Å². The summed E-state index contributed by atoms with van der Waals surface area (Å²) < 4.78 is 6.48. The van der Waals surface area contributed by atoms with Crippen LogP contribution in [0.2, 0.25) is 0 Å². The Hall–Kier alpha value is -4.30. The molecule has 1 aliphatic heterocycles. The molecule has 1 aliphatic carbocycles. The Morgan fingerprint density at radius 1 is 0.485 bits per heavy atom. The van der Waals surface area contributed by atoms with Gasteiger partial charge in [-0.15, -0.1) is 0 Å². The minimum absolute atomic E-state index is 0.437. The first kappa shape index (κ1) is 18.3. The van der Waals surface area contributed by atoms with Gasteiger partial charge in [0, 0.05) is 16.8 Å². The van der Waals surface area contributed by atoms with Crippen LogP contribution in [0.25, 0.3) is 22.3 Å². The molecule has 156 valence electrons. The van der Waals surface area contributed by atoms with Gasteiger partial charge in [-0.05, 0) is 63.7 Å². The zero-order chi connectivity index (χ0) is 22.0. The van der Waals surface area contributed by atoms with E-state index in [4.69, 9.17) is 10.5 Å². The van der Waals surface area contributed by atoms with Crippen molar-refractivity contribution < 1.29 is 4.74 Å². The summed E-state index contributed by atoms with van der Waals surface area (Å²) >= 11 is 0. The molecule has 2 heteroatoms. The molecule has 0 bridgehead atoms. The third-order valence-corrected chi connectivity index (χ3v) is 7.07. The molecule has 7 rings (SSSR count). The molecule has 0 saturated carbocycles. The van der Waals surface area contributed by atoms with Crippen molar-refractivity contribution in [3.8, 4) is 33.8 Å². The molecule has 1 spiro atoms. The van der Waals surface area contributed by atoms with Crippen molar-refractivity contribution in [2.45, 2.75) is 5.41 Å². The molecule has 2 aliphatic rings. The van der Waals surface area contributed by atoms with Crippen LogP contribution in [-0.2, 0) is 5.41 Å². The van der Waals surface area contributed by atoms with E-state index >= 15 is 0 Å². The fourth-order valence-electron chi connectivity index (χ4n) is 5.75. The van der Waals surface area contributed by atoms with Gasteiger partial charge in [-0.25, -0.2) is 0 Å². The smallest absolute Gasteiger partial charge is 0.132 e. The van der Waals surface area contributed by atoms with E-state index < -0.39 is 5.41 Å². The number of ether oxygens (including phenoxy) is 1. The van der Waals surface area contributed by atoms with Gasteiger partial charge in [0.1, 0.15) is 11.5 Å². The van der Waals surface area contributed by atoms with E-state index in [0.29, 0.717) is 0 Å². The Morgan fingerprint density at radius 3 is 1.82 bits per heavy atom. The quantitative estimate of drug-likeness (QED) is 0.279. The summed E-state index contributed by atoms with van der Waals surface area (Å²) in [6.45, 7) is 0. The number of anilines is 1. The molecule has 0 aromatic heterocycles. The normalized spacial score (nSPS) is 14.1. The summed E-state index contributed by atoms with van der Waals surface area (Å²) in [6.07, 6.45) is 0. The van der Waals surface area contributed by atoms with Gasteiger partial charge < -0.3 is 10.5 Å². The number of benzene rings is 5. The number of hydrogen-bond acceptors (Lipinski definition) is 2. The average Bonchev–Trinajstić information content (AvgIpc) is 3.16. The van der Waals surface area contributed by atoms with Crippen LogP contribution < -0.4 is 10.5 Å². The third-order valence-electron chi connectivity index (χ3n) is 7.07. The van der Waals surface area contributed by atoms with Crippen LogP contribution in [0.4, 0.5) is 5.69 Å². The standard InChI is InChI=1S/C31H21NO/c32-22-9-7-8-20(18-22)21-16-17-30-28(19-21)31(27-14-5-6-15-29(27)33-30)25-12-3-1-10-23(25)24-11-2-4-13-26(24)31/h1-19H,32H2. The fourth-order valence-corrected chi connectivity index (χ4v) is 5.75. The highest BCUT2D eigenvalue weighted by Gasteiger charge is 2.50. The average molecular weight is 424 g/mol. The fraction of sp³-hybridized carbons (Fsp3) is 0.0323. The lowest BCUT2D eigenvalue weighted by atomic mass is 9.66. The molecule has 2 nitrogen and oxygen atoms in total. The zero-order valence-electron chi connectivity index (χ0n) is 18.0. The molecule has 5 aromatic carbocycles. The molecule has 2 N–H and O–H groups in total. The van der Waals surface area contributed by atoms with E-state index in [0.717, 1.165) is 28.3 Å². The van der Waals surface area contributed by atoms with Gasteiger partial charge in [-0.1, -0.05) is 84.9 Å². The van der Waals surface area contributed by atoms with Crippen molar-refractivity contribution in [2.24, 2.45) is 0 Å². The van der Waals surface area contributed by atoms with Crippen molar-refractivity contribution in [2.75, 3.05) is 5.73 Å². The molecular weight excluding hydrogens is 402 g/mol. The van der Waals surface area contributed by atoms with E-state index in [1.165, 1.54) is 33.4 Å². The molecule has 0 unspecified atom stereocenters. The maximum Gasteiger partial charge on any atom is 0.132 e. The maximum absolute atomic E-state index is 6.48. The third kappa shape index (κ3) is 2.38. The first-order valence-electron chi connectivity index (χ1n) is 11.2. The number of hydrogen-bond donors (Lipinski definition) is 1. The first-order valence-corrected chi connectivity index (χ1v) is 11.2. The van der Waals surface area contributed by atoms with E-state index in [2.05, 4.69) is 91.0 Å². The molecule has 0 fully saturated rings. The molecule has 0 atom stereocenters. The lowest BCUT2D eigenvalue weighted by Crippen LogP contribution is -2.32. The zero-order valence-corrected chi connectivity index (χ0v) is 18.0. The Bertz CT molecular complexity index is 1520. The van der Waals surface area contributed by atoms with Crippen molar-refractivity contribution in [3.63, 3.8) is 0 Å². The predicted molar refractivity (Wildman–Crippen MR) is 134 cm³/mol. The largest absolute Gasteiger partial charge is 0.457 e. The Morgan fingerprint density at radius 2 is 1.09 bits per heavy atom. The number of para-hydroxylation sites is 1. The second-order valence-electron chi connectivity index (χ2n) is 8.78. The second-order valence-corrected chi connectivity index (χ2v) is 8.78. The molecular formula is C31H21NO. The number of nitrogen functional groups attached to an aromatic ring is 1. The topological polar surface area (TPSA) is 35.2 Å². The molecule has 33 heavy (non-hydrogen) atoms. The molecule has 0 saturated heterocycles. The van der Waals surface area contributed by atoms with Crippen molar-refractivity contribution in [1.29, 1.82) is 0 Å². The highest BCUT2D eigenvalue weighted by atomic mass is 16.5. The van der Waals surface area contributed by atoms with Gasteiger partial charge in [-0.3, -0.25) is 0 Å². The van der Waals surface area contributed by atoms with Crippen LogP contribution in [0.3, 0.4) is 0 Å². The summed E-state index contributed by atoms with van der Waals surface area (Å²) in [5, 5.41) is 0. The Balaban J connectivity index is 1.62. The van der Waals surface area contributed by atoms with Gasteiger partial charge in [0.05, 0.1) is 5.41 Å². The monoisotopic (exact) mass is 423 g/mol. The van der Waals surface area contributed by atoms with Crippen LogP contribution in [0, 0.1) is 0 Å². The molecule has 0 amide bonds. The van der Waals surface area contributed by atoms with E-state index in [-0.39, 0.29) is 0 Å². The lowest BCUT2D eigenvalue weighted by molar-refractivity contribution is 0.436. The van der Waals surface area contributed by atoms with Crippen LogP contribution in [-0.4, -0.2) is 0 Å². The van der Waals surface area contributed by atoms with Crippen LogP contribution in [0.1, 0.15) is 22.3 Å². The molecule has 0 radical (unpaired) electrons. The van der Waals surface area contributed by atoms with Crippen molar-refractivity contribution >= 4 is 5.69 Å². The van der Waals surface area contributed by atoms with Gasteiger partial charge in [0.25, 0.3) is 0 Å². The summed E-state index contributed by atoms with van der Waals surface area (Å²) in [4.78, 5) is 0. The van der Waals surface area contributed by atoms with Crippen LogP contribution in [0.15, 0.2) is 115 Å². The van der Waals surface area contributed by atoms with E-state index in [1.807, 2.05) is 24.3 Å². The van der Waals surface area contributed by atoms with Crippen molar-refractivity contribution in [3.05, 3.63) is 138 Å². The minimum Gasteiger partial charge on any atom is -0.457 e. The van der Waals surface area contributed by atoms with E-state index in [1.54, 1.807) is 0 Å². The Labute approximate surface area is 192 Å². The number of rotatable bonds is 1. The predicted octanol–water partition coefficient (Wildman–Crippen LogP) is 7.40. The van der Waals surface area contributed by atoms with Gasteiger partial charge >= 0.3 is 0 Å². The highest BCUT2D eigenvalue weighted by molar-refractivity contribution is 5.89. The van der Waals surface area contributed by atoms with Gasteiger partial charge in [0.15, 0.2) is 0 Å². The minimum atomic E-state index is -0.437. The SMILES string of the molecule is Nc1cccc(-c2ccc3c(c2)C2(c4ccccc4O3)c3ccccc3-c3ccccc32)c1. The second kappa shape index (κ2) is 6.60. The summed E-state index contributed by atoms with van der Waals surface area (Å²) in [7, 11) is 0. The summed E-state index contributed by atoms with van der Waals surface area (Å²) in [5.41, 5.74) is 16.2. The lowest BCUT2D eigenvalue weighted by Gasteiger charge is -2.39. The van der Waals surface area contributed by atoms with Crippen molar-refractivity contribution in [1.82, 2.24) is 0 Å². The highest BCUT2D eigenvalue weighted by Crippen LogP contribution is 2.62. The maximum atomic E-state index is 6.48. The van der Waals surface area contributed by atoms with E-state index in [9.17, 15) is 0 Å². The number of fused-ring (bicyclic) bond motifs is 9. The first-order chi connectivity index (χ1) is 16.3. The molecule has 5 aromatic rings. The van der Waals surface area contributed by atoms with Crippen LogP contribution in [0.5, 0.6) is 11.5 Å². The van der Waals surface area contributed by atoms with Gasteiger partial charge in [0.2, 0.25) is 0 Å². The summed E-state index contributed by atoms with van der Waals surface area (Å²) in [5.74, 6) is 1.81.